The number of rotatable bonds is 2. The van der Waals surface area contributed by atoms with Crippen LogP contribution < -0.4 is 10.6 Å². The molecule has 0 aromatic carbocycles. The van der Waals surface area contributed by atoms with E-state index in [-0.39, 0.29) is 12.1 Å². The molecule has 4 nitrogen and oxygen atoms in total. The van der Waals surface area contributed by atoms with Gasteiger partial charge < -0.3 is 15.4 Å². The SMILES string of the molecule is CC(C)C1CCNCCC1NC(=O)OC(C)(C)C. The number of alkyl carbamates (subject to hydrolysis) is 1. The van der Waals surface area contributed by atoms with Crippen molar-refractivity contribution in [1.82, 2.24) is 10.6 Å². The smallest absolute Gasteiger partial charge is 0.407 e. The number of carbonyl (C=O) groups excluding carboxylic acids is 1. The maximum atomic E-state index is 11.9. The van der Waals surface area contributed by atoms with Crippen molar-refractivity contribution in [2.24, 2.45) is 11.8 Å². The minimum Gasteiger partial charge on any atom is -0.444 e. The van der Waals surface area contributed by atoms with Crippen LogP contribution in [0, 0.1) is 11.8 Å². The molecule has 106 valence electrons. The topological polar surface area (TPSA) is 50.4 Å². The second-order valence-electron chi connectivity index (χ2n) is 6.49. The van der Waals surface area contributed by atoms with Gasteiger partial charge in [-0.3, -0.25) is 0 Å². The Kier molecular flexibility index (Phi) is 5.45. The van der Waals surface area contributed by atoms with Crippen LogP contribution in [-0.4, -0.2) is 30.8 Å². The lowest BCUT2D eigenvalue weighted by molar-refractivity contribution is 0.0474. The largest absolute Gasteiger partial charge is 0.444 e. The molecule has 0 bridgehead atoms. The van der Waals surface area contributed by atoms with Crippen molar-refractivity contribution in [2.45, 2.75) is 59.1 Å². The number of hydrogen-bond donors (Lipinski definition) is 2. The van der Waals surface area contributed by atoms with E-state index >= 15 is 0 Å². The summed E-state index contributed by atoms with van der Waals surface area (Å²) in [6.45, 7) is 12.1. The molecule has 1 aliphatic heterocycles. The molecule has 0 spiro atoms. The molecule has 2 unspecified atom stereocenters. The Balaban J connectivity index is 2.58. The summed E-state index contributed by atoms with van der Waals surface area (Å²) in [6.07, 6.45) is 1.79. The maximum absolute atomic E-state index is 11.9. The van der Waals surface area contributed by atoms with Crippen LogP contribution in [0.15, 0.2) is 0 Å². The summed E-state index contributed by atoms with van der Waals surface area (Å²) in [6, 6.07) is 0.217. The van der Waals surface area contributed by atoms with Crippen molar-refractivity contribution in [3.05, 3.63) is 0 Å². The van der Waals surface area contributed by atoms with Gasteiger partial charge in [0.2, 0.25) is 0 Å². The van der Waals surface area contributed by atoms with Gasteiger partial charge in [-0.25, -0.2) is 4.79 Å². The first-order chi connectivity index (χ1) is 8.29. The summed E-state index contributed by atoms with van der Waals surface area (Å²) < 4.78 is 5.34. The molecule has 1 rings (SSSR count). The van der Waals surface area contributed by atoms with E-state index < -0.39 is 5.60 Å². The zero-order valence-corrected chi connectivity index (χ0v) is 12.4. The van der Waals surface area contributed by atoms with E-state index in [1.807, 2.05) is 20.8 Å². The lowest BCUT2D eigenvalue weighted by Gasteiger charge is -2.30. The number of hydrogen-bond acceptors (Lipinski definition) is 3. The molecule has 2 N–H and O–H groups in total. The Morgan fingerprint density at radius 1 is 1.28 bits per heavy atom. The Labute approximate surface area is 111 Å². The van der Waals surface area contributed by atoms with Gasteiger partial charge in [-0.15, -0.1) is 0 Å². The minimum atomic E-state index is -0.430. The molecule has 0 radical (unpaired) electrons. The van der Waals surface area contributed by atoms with Crippen LogP contribution in [0.2, 0.25) is 0 Å². The van der Waals surface area contributed by atoms with Gasteiger partial charge in [-0.1, -0.05) is 13.8 Å². The van der Waals surface area contributed by atoms with E-state index in [0.717, 1.165) is 25.9 Å². The van der Waals surface area contributed by atoms with Crippen LogP contribution in [-0.2, 0) is 4.74 Å². The van der Waals surface area contributed by atoms with E-state index in [4.69, 9.17) is 4.74 Å². The fourth-order valence-corrected chi connectivity index (χ4v) is 2.50. The highest BCUT2D eigenvalue weighted by Crippen LogP contribution is 2.23. The fourth-order valence-electron chi connectivity index (χ4n) is 2.50. The Bertz CT molecular complexity index is 271. The van der Waals surface area contributed by atoms with Crippen molar-refractivity contribution in [2.75, 3.05) is 13.1 Å². The average molecular weight is 256 g/mol. The Morgan fingerprint density at radius 3 is 2.44 bits per heavy atom. The molecular weight excluding hydrogens is 228 g/mol. The van der Waals surface area contributed by atoms with Gasteiger partial charge in [-0.2, -0.15) is 0 Å². The zero-order valence-electron chi connectivity index (χ0n) is 12.4. The highest BCUT2D eigenvalue weighted by atomic mass is 16.6. The van der Waals surface area contributed by atoms with Crippen molar-refractivity contribution in [3.63, 3.8) is 0 Å². The molecule has 0 aromatic rings. The van der Waals surface area contributed by atoms with Crippen molar-refractivity contribution >= 4 is 6.09 Å². The predicted octanol–water partition coefficient (Wildman–Crippen LogP) is 2.54. The molecular formula is C14H28N2O2. The molecule has 1 fully saturated rings. The van der Waals surface area contributed by atoms with Crippen molar-refractivity contribution < 1.29 is 9.53 Å². The number of ether oxygens (including phenoxy) is 1. The first kappa shape index (κ1) is 15.3. The van der Waals surface area contributed by atoms with Crippen LogP contribution in [0.25, 0.3) is 0 Å². The summed E-state index contributed by atoms with van der Waals surface area (Å²) in [5, 5.41) is 6.44. The molecule has 2 atom stereocenters. The van der Waals surface area contributed by atoms with Crippen molar-refractivity contribution in [3.8, 4) is 0 Å². The predicted molar refractivity (Wildman–Crippen MR) is 73.6 cm³/mol. The van der Waals surface area contributed by atoms with Gasteiger partial charge in [-0.05, 0) is 58.5 Å². The maximum Gasteiger partial charge on any atom is 0.407 e. The Morgan fingerprint density at radius 2 is 1.89 bits per heavy atom. The van der Waals surface area contributed by atoms with Crippen LogP contribution in [0.5, 0.6) is 0 Å². The van der Waals surface area contributed by atoms with Crippen LogP contribution in [0.4, 0.5) is 4.79 Å². The van der Waals surface area contributed by atoms with Gasteiger partial charge in [0.25, 0.3) is 0 Å². The van der Waals surface area contributed by atoms with Gasteiger partial charge in [0.1, 0.15) is 5.60 Å². The summed E-state index contributed by atoms with van der Waals surface area (Å²) in [4.78, 5) is 11.9. The summed E-state index contributed by atoms with van der Waals surface area (Å²) in [5.41, 5.74) is -0.430. The van der Waals surface area contributed by atoms with E-state index in [0.29, 0.717) is 11.8 Å². The van der Waals surface area contributed by atoms with E-state index in [1.54, 1.807) is 0 Å². The van der Waals surface area contributed by atoms with E-state index in [1.165, 1.54) is 0 Å². The third kappa shape index (κ3) is 5.25. The summed E-state index contributed by atoms with van der Waals surface area (Å²) in [5.74, 6) is 1.09. The molecule has 1 amide bonds. The molecule has 0 aliphatic carbocycles. The summed E-state index contributed by atoms with van der Waals surface area (Å²) >= 11 is 0. The second kappa shape index (κ2) is 6.41. The molecule has 1 aliphatic rings. The van der Waals surface area contributed by atoms with Gasteiger partial charge in [0.15, 0.2) is 0 Å². The quantitative estimate of drug-likeness (QED) is 0.798. The lowest BCUT2D eigenvalue weighted by Crippen LogP contribution is -2.44. The highest BCUT2D eigenvalue weighted by Gasteiger charge is 2.28. The van der Waals surface area contributed by atoms with E-state index in [2.05, 4.69) is 24.5 Å². The monoisotopic (exact) mass is 256 g/mol. The number of carbonyl (C=O) groups is 1. The standard InChI is InChI=1S/C14H28N2O2/c1-10(2)11-6-8-15-9-7-12(11)16-13(17)18-14(3,4)5/h10-12,15H,6-9H2,1-5H3,(H,16,17). The van der Waals surface area contributed by atoms with Crippen molar-refractivity contribution in [1.29, 1.82) is 0 Å². The van der Waals surface area contributed by atoms with Gasteiger partial charge in [0, 0.05) is 6.04 Å². The van der Waals surface area contributed by atoms with Gasteiger partial charge >= 0.3 is 6.09 Å². The Hall–Kier alpha value is -0.770. The highest BCUT2D eigenvalue weighted by molar-refractivity contribution is 5.68. The second-order valence-corrected chi connectivity index (χ2v) is 6.49. The minimum absolute atomic E-state index is 0.217. The molecule has 0 saturated carbocycles. The molecule has 18 heavy (non-hydrogen) atoms. The third-order valence-corrected chi connectivity index (χ3v) is 3.36. The number of amides is 1. The van der Waals surface area contributed by atoms with Gasteiger partial charge in [0.05, 0.1) is 0 Å². The normalized spacial score (nSPS) is 25.7. The van der Waals surface area contributed by atoms with E-state index in [9.17, 15) is 4.79 Å². The van der Waals surface area contributed by atoms with Crippen LogP contribution >= 0.6 is 0 Å². The molecule has 1 heterocycles. The average Bonchev–Trinajstić information content (AvgIpc) is 2.39. The zero-order chi connectivity index (χ0) is 13.8. The number of nitrogens with one attached hydrogen (secondary N) is 2. The first-order valence-corrected chi connectivity index (χ1v) is 7.00. The molecule has 4 heteroatoms. The lowest BCUT2D eigenvalue weighted by atomic mass is 9.85. The first-order valence-electron chi connectivity index (χ1n) is 7.00. The fraction of sp³-hybridized carbons (Fsp3) is 0.929. The summed E-state index contributed by atoms with van der Waals surface area (Å²) in [7, 11) is 0. The third-order valence-electron chi connectivity index (χ3n) is 3.36. The van der Waals surface area contributed by atoms with Crippen LogP contribution in [0.3, 0.4) is 0 Å². The van der Waals surface area contributed by atoms with Crippen LogP contribution in [0.1, 0.15) is 47.5 Å². The molecule has 0 aromatic heterocycles. The molecule has 1 saturated heterocycles.